The zero-order valence-corrected chi connectivity index (χ0v) is 8.74. The third kappa shape index (κ3) is 3.91. The molecule has 0 spiro atoms. The van der Waals surface area contributed by atoms with E-state index in [-0.39, 0.29) is 19.0 Å². The van der Waals surface area contributed by atoms with Crippen LogP contribution >= 0.6 is 0 Å². The number of hydrogen-bond acceptors (Lipinski definition) is 4. The number of hydrogen-bond donors (Lipinski definition) is 1. The van der Waals surface area contributed by atoms with E-state index in [1.807, 2.05) is 6.92 Å². The van der Waals surface area contributed by atoms with E-state index in [9.17, 15) is 8.78 Å². The fourth-order valence-electron chi connectivity index (χ4n) is 1.70. The fraction of sp³-hybridized carbons (Fsp3) is 0.778. The summed E-state index contributed by atoms with van der Waals surface area (Å²) in [6.45, 7) is 2.89. The Morgan fingerprint density at radius 3 is 2.87 bits per heavy atom. The average molecular weight is 218 g/mol. The molecule has 1 unspecified atom stereocenters. The largest absolute Gasteiger partial charge is 0.323 e. The van der Waals surface area contributed by atoms with Crippen molar-refractivity contribution in [2.75, 3.05) is 19.6 Å². The van der Waals surface area contributed by atoms with Crippen LogP contribution < -0.4 is 5.84 Å². The van der Waals surface area contributed by atoms with E-state index < -0.39 is 5.92 Å². The van der Waals surface area contributed by atoms with E-state index >= 15 is 0 Å². The zero-order valence-electron chi connectivity index (χ0n) is 8.74. The lowest BCUT2D eigenvalue weighted by molar-refractivity contribution is -0.0686. The van der Waals surface area contributed by atoms with Gasteiger partial charge in [0.05, 0.1) is 18.8 Å². The van der Waals surface area contributed by atoms with Crippen molar-refractivity contribution in [2.45, 2.75) is 25.3 Å². The molecular formula is C9H16F2N4. The van der Waals surface area contributed by atoms with Crippen LogP contribution in [0.25, 0.3) is 0 Å². The normalized spacial score (nSPS) is 27.8. The predicted molar refractivity (Wildman–Crippen MR) is 56.6 cm³/mol. The summed E-state index contributed by atoms with van der Waals surface area (Å²) < 4.78 is 26.5. The highest BCUT2D eigenvalue weighted by molar-refractivity contribution is 6.15. The van der Waals surface area contributed by atoms with Gasteiger partial charge in [-0.25, -0.2) is 8.78 Å². The number of piperidine rings is 1. The number of aliphatic imine (C=N–C) groups is 1. The van der Waals surface area contributed by atoms with Crippen LogP contribution in [0, 0.1) is 0 Å². The highest BCUT2D eigenvalue weighted by Crippen LogP contribution is 2.27. The molecule has 86 valence electrons. The molecule has 0 aromatic carbocycles. The van der Waals surface area contributed by atoms with Crippen LogP contribution in [-0.2, 0) is 0 Å². The highest BCUT2D eigenvalue weighted by Gasteiger charge is 2.39. The minimum absolute atomic E-state index is 0.166. The SMILES string of the molecule is CCN1CC(N=CC=NN)CC(F)(F)C1. The minimum Gasteiger partial charge on any atom is -0.323 e. The summed E-state index contributed by atoms with van der Waals surface area (Å²) in [6, 6.07) is -0.369. The van der Waals surface area contributed by atoms with Crippen molar-refractivity contribution in [3.63, 3.8) is 0 Å². The molecule has 2 N–H and O–H groups in total. The Morgan fingerprint density at radius 1 is 1.53 bits per heavy atom. The predicted octanol–water partition coefficient (Wildman–Crippen LogP) is 0.731. The van der Waals surface area contributed by atoms with E-state index in [4.69, 9.17) is 5.84 Å². The third-order valence-electron chi connectivity index (χ3n) is 2.35. The molecule has 6 heteroatoms. The summed E-state index contributed by atoms with van der Waals surface area (Å²) >= 11 is 0. The van der Waals surface area contributed by atoms with Crippen LogP contribution in [0.4, 0.5) is 8.78 Å². The number of hydrazone groups is 1. The molecule has 0 aliphatic carbocycles. The summed E-state index contributed by atoms with van der Waals surface area (Å²) in [5, 5.41) is 3.22. The minimum atomic E-state index is -2.64. The van der Waals surface area contributed by atoms with E-state index in [0.717, 1.165) is 0 Å². The lowest BCUT2D eigenvalue weighted by atomic mass is 10.0. The molecule has 1 atom stereocenters. The molecule has 1 fully saturated rings. The second-order valence-corrected chi connectivity index (χ2v) is 3.64. The van der Waals surface area contributed by atoms with Crippen molar-refractivity contribution in [1.82, 2.24) is 4.90 Å². The lowest BCUT2D eigenvalue weighted by Gasteiger charge is -2.35. The first-order chi connectivity index (χ1) is 7.07. The Bertz CT molecular complexity index is 252. The zero-order chi connectivity index (χ0) is 11.3. The number of halogens is 2. The molecule has 1 aliphatic heterocycles. The van der Waals surface area contributed by atoms with Gasteiger partial charge in [0.15, 0.2) is 0 Å². The Kier molecular flexibility index (Phi) is 4.14. The molecule has 0 amide bonds. The van der Waals surface area contributed by atoms with Gasteiger partial charge in [-0.15, -0.1) is 0 Å². The lowest BCUT2D eigenvalue weighted by Crippen LogP contribution is -2.48. The maximum atomic E-state index is 13.2. The maximum absolute atomic E-state index is 13.2. The Hall–Kier alpha value is -1.04. The second kappa shape index (κ2) is 5.16. The molecule has 1 rings (SSSR count). The molecule has 0 saturated carbocycles. The van der Waals surface area contributed by atoms with Gasteiger partial charge in [0, 0.05) is 19.2 Å². The van der Waals surface area contributed by atoms with Gasteiger partial charge in [-0.05, 0) is 6.54 Å². The number of likely N-dealkylation sites (N-methyl/N-ethyl adjacent to an activating group) is 1. The number of rotatable bonds is 3. The maximum Gasteiger partial charge on any atom is 0.262 e. The molecule has 1 heterocycles. The molecule has 1 saturated heterocycles. The van der Waals surface area contributed by atoms with Crippen molar-refractivity contribution < 1.29 is 8.78 Å². The van der Waals surface area contributed by atoms with Gasteiger partial charge in [-0.3, -0.25) is 9.89 Å². The van der Waals surface area contributed by atoms with Crippen molar-refractivity contribution in [1.29, 1.82) is 0 Å². The third-order valence-corrected chi connectivity index (χ3v) is 2.35. The molecule has 0 aromatic heterocycles. The van der Waals surface area contributed by atoms with Crippen LogP contribution in [0.2, 0.25) is 0 Å². The van der Waals surface area contributed by atoms with Gasteiger partial charge in [0.1, 0.15) is 0 Å². The van der Waals surface area contributed by atoms with Crippen molar-refractivity contribution in [2.24, 2.45) is 15.9 Å². The monoisotopic (exact) mass is 218 g/mol. The Labute approximate surface area is 87.8 Å². The summed E-state index contributed by atoms with van der Waals surface area (Å²) in [5.41, 5.74) is 0. The number of alkyl halides is 2. The van der Waals surface area contributed by atoms with Gasteiger partial charge >= 0.3 is 0 Å². The first-order valence-corrected chi connectivity index (χ1v) is 4.92. The number of nitrogens with zero attached hydrogens (tertiary/aromatic N) is 3. The number of nitrogens with two attached hydrogens (primary N) is 1. The van der Waals surface area contributed by atoms with E-state index in [1.54, 1.807) is 4.90 Å². The van der Waals surface area contributed by atoms with Gasteiger partial charge in [-0.1, -0.05) is 6.92 Å². The summed E-state index contributed by atoms with van der Waals surface area (Å²) in [5.74, 6) is 2.23. The standard InChI is InChI=1S/C9H16F2N4/c1-2-15-6-8(13-3-4-14-12)5-9(10,11)7-15/h3-4,8H,2,5-7,12H2,1H3. The van der Waals surface area contributed by atoms with Crippen molar-refractivity contribution in [3.05, 3.63) is 0 Å². The summed E-state index contributed by atoms with van der Waals surface area (Å²) in [4.78, 5) is 5.69. The molecule has 0 bridgehead atoms. The average Bonchev–Trinajstić information content (AvgIpc) is 2.16. The molecule has 0 aromatic rings. The smallest absolute Gasteiger partial charge is 0.262 e. The molecular weight excluding hydrogens is 202 g/mol. The van der Waals surface area contributed by atoms with E-state index in [1.165, 1.54) is 12.4 Å². The molecule has 0 radical (unpaired) electrons. The van der Waals surface area contributed by atoms with Gasteiger partial charge in [-0.2, -0.15) is 5.10 Å². The first kappa shape index (κ1) is 12.0. The van der Waals surface area contributed by atoms with Gasteiger partial charge < -0.3 is 5.84 Å². The molecule has 15 heavy (non-hydrogen) atoms. The van der Waals surface area contributed by atoms with Crippen molar-refractivity contribution in [3.8, 4) is 0 Å². The molecule has 4 nitrogen and oxygen atoms in total. The van der Waals surface area contributed by atoms with Crippen LogP contribution in [0.1, 0.15) is 13.3 Å². The van der Waals surface area contributed by atoms with Crippen LogP contribution in [-0.4, -0.2) is 48.9 Å². The highest BCUT2D eigenvalue weighted by atomic mass is 19.3. The molecule has 1 aliphatic rings. The van der Waals surface area contributed by atoms with E-state index in [2.05, 4.69) is 10.1 Å². The second-order valence-electron chi connectivity index (χ2n) is 3.64. The Morgan fingerprint density at radius 2 is 2.27 bits per heavy atom. The van der Waals surface area contributed by atoms with Crippen LogP contribution in [0.5, 0.6) is 0 Å². The van der Waals surface area contributed by atoms with E-state index in [0.29, 0.717) is 13.1 Å². The fourth-order valence-corrected chi connectivity index (χ4v) is 1.70. The Balaban J connectivity index is 2.58. The van der Waals surface area contributed by atoms with Crippen LogP contribution in [0.3, 0.4) is 0 Å². The summed E-state index contributed by atoms with van der Waals surface area (Å²) in [7, 11) is 0. The number of likely N-dealkylation sites (tertiary alicyclic amines) is 1. The topological polar surface area (TPSA) is 54.0 Å². The quantitative estimate of drug-likeness (QED) is 0.431. The van der Waals surface area contributed by atoms with Gasteiger partial charge in [0.2, 0.25) is 0 Å². The van der Waals surface area contributed by atoms with Crippen molar-refractivity contribution >= 4 is 12.4 Å². The first-order valence-electron chi connectivity index (χ1n) is 4.92. The van der Waals surface area contributed by atoms with Crippen LogP contribution in [0.15, 0.2) is 10.1 Å². The summed E-state index contributed by atoms with van der Waals surface area (Å²) in [6.07, 6.45) is 2.47. The van der Waals surface area contributed by atoms with Gasteiger partial charge in [0.25, 0.3) is 5.92 Å².